The minimum atomic E-state index is -3.70. The van der Waals surface area contributed by atoms with Crippen LogP contribution >= 0.6 is 0 Å². The van der Waals surface area contributed by atoms with Crippen molar-refractivity contribution in [3.8, 4) is 0 Å². The molecule has 3 aliphatic rings. The topological polar surface area (TPSA) is 72.9 Å². The van der Waals surface area contributed by atoms with E-state index in [4.69, 9.17) is 9.47 Å². The van der Waals surface area contributed by atoms with Crippen molar-refractivity contribution in [3.05, 3.63) is 36.4 Å². The maximum atomic E-state index is 13.1. The zero-order valence-corrected chi connectivity index (χ0v) is 12.8. The summed E-state index contributed by atoms with van der Waals surface area (Å²) in [4.78, 5) is 12.4. The lowest BCUT2D eigenvalue weighted by molar-refractivity contribution is -0.153. The largest absolute Gasteiger partial charge is 0.343 e. The summed E-state index contributed by atoms with van der Waals surface area (Å²) >= 11 is 0. The lowest BCUT2D eigenvalue weighted by Gasteiger charge is -2.34. The first kappa shape index (κ1) is 13.5. The molecule has 0 aromatic heterocycles. The Morgan fingerprint density at radius 3 is 2.74 bits per heavy atom. The van der Waals surface area contributed by atoms with E-state index in [1.54, 1.807) is 18.2 Å². The summed E-state index contributed by atoms with van der Waals surface area (Å²) in [5.41, 5.74) is 0.616. The van der Waals surface area contributed by atoms with Gasteiger partial charge in [-0.1, -0.05) is 24.3 Å². The highest BCUT2D eigenvalue weighted by Gasteiger charge is 2.51. The summed E-state index contributed by atoms with van der Waals surface area (Å²) in [5, 5.41) is 1.58. The van der Waals surface area contributed by atoms with Gasteiger partial charge < -0.3 is 9.47 Å². The van der Waals surface area contributed by atoms with Crippen molar-refractivity contribution in [2.24, 2.45) is 0 Å². The lowest BCUT2D eigenvalue weighted by Crippen LogP contribution is -2.51. The van der Waals surface area contributed by atoms with Crippen LogP contribution in [0.4, 0.5) is 5.69 Å². The second kappa shape index (κ2) is 4.31. The van der Waals surface area contributed by atoms with Gasteiger partial charge in [-0.15, -0.1) is 0 Å². The van der Waals surface area contributed by atoms with Crippen LogP contribution in [0.25, 0.3) is 10.8 Å². The van der Waals surface area contributed by atoms with Crippen LogP contribution in [-0.4, -0.2) is 39.2 Å². The molecule has 0 spiro atoms. The molecule has 7 heteroatoms. The molecule has 0 saturated carbocycles. The molecule has 0 aliphatic carbocycles. The summed E-state index contributed by atoms with van der Waals surface area (Å²) in [7, 11) is -3.70. The van der Waals surface area contributed by atoms with E-state index < -0.39 is 28.5 Å². The SMILES string of the molecule is O=C1C[C@@H](N2c3cccc4cccc(c34)S2(=O)=O)[C@H]2CO[C@H]1O2. The molecule has 23 heavy (non-hydrogen) atoms. The third-order valence-electron chi connectivity index (χ3n) is 4.73. The van der Waals surface area contributed by atoms with E-state index in [1.807, 2.05) is 18.2 Å². The van der Waals surface area contributed by atoms with E-state index in [0.717, 1.165) is 5.39 Å². The molecule has 3 heterocycles. The number of anilines is 1. The number of hydrogen-bond donors (Lipinski definition) is 0. The van der Waals surface area contributed by atoms with Crippen LogP contribution < -0.4 is 4.31 Å². The number of benzene rings is 2. The quantitative estimate of drug-likeness (QED) is 0.790. The Kier molecular flexibility index (Phi) is 2.53. The van der Waals surface area contributed by atoms with Crippen molar-refractivity contribution in [1.82, 2.24) is 0 Å². The predicted octanol–water partition coefficient (Wildman–Crippen LogP) is 1.43. The molecule has 2 bridgehead atoms. The zero-order valence-electron chi connectivity index (χ0n) is 12.0. The molecule has 0 amide bonds. The molecule has 0 N–H and O–H groups in total. The molecule has 0 unspecified atom stereocenters. The van der Waals surface area contributed by atoms with Crippen LogP contribution in [0.3, 0.4) is 0 Å². The molecular formula is C16H13NO5S. The van der Waals surface area contributed by atoms with Crippen LogP contribution in [0.2, 0.25) is 0 Å². The van der Waals surface area contributed by atoms with Crippen LogP contribution in [0.15, 0.2) is 41.3 Å². The monoisotopic (exact) mass is 331 g/mol. The van der Waals surface area contributed by atoms with E-state index in [1.165, 1.54) is 4.31 Å². The molecule has 2 aromatic carbocycles. The number of rotatable bonds is 1. The Labute approximate surface area is 132 Å². The van der Waals surface area contributed by atoms with Gasteiger partial charge >= 0.3 is 0 Å². The van der Waals surface area contributed by atoms with Gasteiger partial charge in [0.05, 0.1) is 23.2 Å². The summed E-state index contributed by atoms with van der Waals surface area (Å²) in [5.74, 6) is -0.206. The highest BCUT2D eigenvalue weighted by atomic mass is 32.2. The fourth-order valence-electron chi connectivity index (χ4n) is 3.74. The standard InChI is InChI=1S/C16H13NO5S/c18-12-7-11(13-8-21-16(12)22-13)17-10-5-1-3-9-4-2-6-14(15(9)10)23(17,19)20/h1-6,11,13,16H,7-8H2/t11-,13-,16+/m1/s1. The smallest absolute Gasteiger partial charge is 0.265 e. The average molecular weight is 331 g/mol. The molecule has 118 valence electrons. The second-order valence-electron chi connectivity index (χ2n) is 6.01. The molecule has 2 saturated heterocycles. The summed E-state index contributed by atoms with van der Waals surface area (Å²) < 4.78 is 38.3. The number of ether oxygens (including phenoxy) is 2. The molecule has 0 radical (unpaired) electrons. The highest BCUT2D eigenvalue weighted by molar-refractivity contribution is 7.93. The fourth-order valence-corrected chi connectivity index (χ4v) is 5.66. The number of sulfonamides is 1. The molecule has 3 aliphatic heterocycles. The normalized spacial score (nSPS) is 31.0. The van der Waals surface area contributed by atoms with Crippen LogP contribution in [0, 0.1) is 0 Å². The Bertz CT molecular complexity index is 949. The van der Waals surface area contributed by atoms with Gasteiger partial charge in [0.25, 0.3) is 10.0 Å². The lowest BCUT2D eigenvalue weighted by atomic mass is 10.0. The number of fused-ring (bicyclic) bond motifs is 2. The van der Waals surface area contributed by atoms with Gasteiger partial charge in [0, 0.05) is 11.8 Å². The van der Waals surface area contributed by atoms with Gasteiger partial charge in [0.2, 0.25) is 6.29 Å². The Balaban J connectivity index is 1.73. The second-order valence-corrected chi connectivity index (χ2v) is 7.79. The van der Waals surface area contributed by atoms with Crippen molar-refractivity contribution >= 4 is 32.3 Å². The first-order chi connectivity index (χ1) is 11.1. The molecule has 2 fully saturated rings. The van der Waals surface area contributed by atoms with E-state index in [9.17, 15) is 13.2 Å². The van der Waals surface area contributed by atoms with Crippen molar-refractivity contribution in [2.45, 2.75) is 29.8 Å². The molecule has 6 nitrogen and oxygen atoms in total. The Hall–Kier alpha value is -1.96. The number of carbonyl (C=O) groups is 1. The number of ketones is 1. The molecule has 2 aromatic rings. The third kappa shape index (κ3) is 1.64. The number of nitrogens with zero attached hydrogens (tertiary/aromatic N) is 1. The van der Waals surface area contributed by atoms with E-state index in [-0.39, 0.29) is 18.8 Å². The fraction of sp³-hybridized carbons (Fsp3) is 0.312. The zero-order chi connectivity index (χ0) is 15.8. The van der Waals surface area contributed by atoms with Crippen molar-refractivity contribution in [3.63, 3.8) is 0 Å². The van der Waals surface area contributed by atoms with Crippen molar-refractivity contribution in [2.75, 3.05) is 10.9 Å². The van der Waals surface area contributed by atoms with E-state index >= 15 is 0 Å². The van der Waals surface area contributed by atoms with Gasteiger partial charge in [-0.2, -0.15) is 0 Å². The molecule has 5 rings (SSSR count). The first-order valence-corrected chi connectivity index (χ1v) is 8.87. The summed E-state index contributed by atoms with van der Waals surface area (Å²) in [6.45, 7) is 0.236. The summed E-state index contributed by atoms with van der Waals surface area (Å²) in [6.07, 6.45) is -1.14. The van der Waals surface area contributed by atoms with Gasteiger partial charge in [-0.25, -0.2) is 8.42 Å². The van der Waals surface area contributed by atoms with E-state index in [2.05, 4.69) is 0 Å². The number of carbonyl (C=O) groups excluding carboxylic acids is 1. The van der Waals surface area contributed by atoms with Gasteiger partial charge in [-0.05, 0) is 17.5 Å². The van der Waals surface area contributed by atoms with E-state index in [0.29, 0.717) is 16.0 Å². The maximum Gasteiger partial charge on any atom is 0.265 e. The predicted molar refractivity (Wildman–Crippen MR) is 81.6 cm³/mol. The Morgan fingerprint density at radius 1 is 1.13 bits per heavy atom. The minimum absolute atomic E-state index is 0.110. The highest BCUT2D eigenvalue weighted by Crippen LogP contribution is 2.45. The minimum Gasteiger partial charge on any atom is -0.343 e. The summed E-state index contributed by atoms with van der Waals surface area (Å²) in [6, 6.07) is 10.2. The van der Waals surface area contributed by atoms with Crippen molar-refractivity contribution in [1.29, 1.82) is 0 Å². The average Bonchev–Trinajstić information content (AvgIpc) is 3.06. The number of hydrogen-bond acceptors (Lipinski definition) is 5. The van der Waals surface area contributed by atoms with Crippen LogP contribution in [0.1, 0.15) is 6.42 Å². The molecule has 3 atom stereocenters. The Morgan fingerprint density at radius 2 is 1.91 bits per heavy atom. The molecular weight excluding hydrogens is 318 g/mol. The van der Waals surface area contributed by atoms with Crippen LogP contribution in [0.5, 0.6) is 0 Å². The van der Waals surface area contributed by atoms with Gasteiger partial charge in [-0.3, -0.25) is 9.10 Å². The van der Waals surface area contributed by atoms with Gasteiger partial charge in [0.1, 0.15) is 6.10 Å². The van der Waals surface area contributed by atoms with Gasteiger partial charge in [0.15, 0.2) is 5.78 Å². The third-order valence-corrected chi connectivity index (χ3v) is 6.61. The van der Waals surface area contributed by atoms with Crippen LogP contribution in [-0.2, 0) is 24.3 Å². The first-order valence-electron chi connectivity index (χ1n) is 7.43. The number of Topliss-reactive ketones (excluding diaryl/α,β-unsaturated/α-hetero) is 1. The van der Waals surface area contributed by atoms with Crippen molar-refractivity contribution < 1.29 is 22.7 Å². The maximum absolute atomic E-state index is 13.1.